The van der Waals surface area contributed by atoms with Crippen molar-refractivity contribution in [3.05, 3.63) is 45.9 Å². The van der Waals surface area contributed by atoms with E-state index < -0.39 is 10.0 Å². The molecule has 7 nitrogen and oxygen atoms in total. The summed E-state index contributed by atoms with van der Waals surface area (Å²) >= 11 is 1.69. The number of hydrogen-bond acceptors (Lipinski definition) is 5. The molecule has 0 aliphatic carbocycles. The van der Waals surface area contributed by atoms with Crippen molar-refractivity contribution in [2.75, 3.05) is 13.1 Å². The van der Waals surface area contributed by atoms with Gasteiger partial charge in [-0.15, -0.1) is 11.3 Å². The van der Waals surface area contributed by atoms with Crippen LogP contribution in [0.25, 0.3) is 0 Å². The van der Waals surface area contributed by atoms with E-state index in [0.29, 0.717) is 12.5 Å². The van der Waals surface area contributed by atoms with Crippen LogP contribution in [0.2, 0.25) is 0 Å². The lowest BCUT2D eigenvalue weighted by Gasteiger charge is -2.10. The summed E-state index contributed by atoms with van der Waals surface area (Å²) in [5.41, 5.74) is 0.777. The summed E-state index contributed by atoms with van der Waals surface area (Å²) in [6, 6.07) is 6.50. The molecule has 9 heteroatoms. The molecule has 0 saturated carbocycles. The smallest absolute Gasteiger partial charge is 0.238 e. The number of sulfonamides is 1. The van der Waals surface area contributed by atoms with Gasteiger partial charge in [-0.2, -0.15) is 0 Å². The number of aromatic nitrogens is 1. The molecule has 1 heterocycles. The fraction of sp³-hybridized carbons (Fsp3) is 0.375. The Kier molecular flexibility index (Phi) is 6.91. The number of nitrogens with zero attached hydrogens (tertiary/aromatic N) is 2. The van der Waals surface area contributed by atoms with Crippen LogP contribution >= 0.6 is 11.3 Å². The summed E-state index contributed by atoms with van der Waals surface area (Å²) in [4.78, 5) is 10.1. The van der Waals surface area contributed by atoms with Crippen molar-refractivity contribution >= 4 is 27.3 Å². The first kappa shape index (κ1) is 19.4. The second-order valence-electron chi connectivity index (χ2n) is 5.43. The number of aliphatic imine (C=N–C) groups is 1. The van der Waals surface area contributed by atoms with E-state index in [9.17, 15) is 8.42 Å². The number of primary sulfonamides is 1. The average Bonchev–Trinajstić information content (AvgIpc) is 2.97. The molecule has 0 atom stereocenters. The third kappa shape index (κ3) is 6.45. The van der Waals surface area contributed by atoms with Gasteiger partial charge in [0.2, 0.25) is 10.0 Å². The Morgan fingerprint density at radius 3 is 2.80 bits per heavy atom. The second-order valence-corrected chi connectivity index (χ2v) is 8.31. The van der Waals surface area contributed by atoms with E-state index >= 15 is 0 Å². The number of rotatable bonds is 7. The van der Waals surface area contributed by atoms with Crippen LogP contribution in [-0.2, 0) is 23.0 Å². The SMILES string of the molecule is CCNC(=NCc1cccc(S(N)(=O)=O)c1)NCCc1ncc(C)s1. The molecule has 0 fully saturated rings. The molecule has 0 bridgehead atoms. The van der Waals surface area contributed by atoms with Crippen LogP contribution in [-0.4, -0.2) is 32.5 Å². The molecule has 0 aliphatic rings. The topological polar surface area (TPSA) is 109 Å². The Morgan fingerprint density at radius 2 is 2.16 bits per heavy atom. The van der Waals surface area contributed by atoms with E-state index in [2.05, 4.69) is 20.6 Å². The molecule has 25 heavy (non-hydrogen) atoms. The zero-order valence-corrected chi connectivity index (χ0v) is 16.0. The lowest BCUT2D eigenvalue weighted by atomic mass is 10.2. The first-order valence-electron chi connectivity index (χ1n) is 7.93. The number of aryl methyl sites for hydroxylation is 1. The van der Waals surface area contributed by atoms with Gasteiger partial charge >= 0.3 is 0 Å². The molecule has 2 rings (SSSR count). The molecule has 0 spiro atoms. The van der Waals surface area contributed by atoms with Crippen molar-refractivity contribution < 1.29 is 8.42 Å². The lowest BCUT2D eigenvalue weighted by Crippen LogP contribution is -2.38. The molecule has 0 unspecified atom stereocenters. The highest BCUT2D eigenvalue weighted by Gasteiger charge is 2.08. The minimum Gasteiger partial charge on any atom is -0.357 e. The van der Waals surface area contributed by atoms with Gasteiger partial charge in [-0.25, -0.2) is 23.5 Å². The van der Waals surface area contributed by atoms with E-state index in [1.165, 1.54) is 10.9 Å². The first-order chi connectivity index (χ1) is 11.9. The Balaban J connectivity index is 1.97. The maximum Gasteiger partial charge on any atom is 0.238 e. The highest BCUT2D eigenvalue weighted by molar-refractivity contribution is 7.89. The van der Waals surface area contributed by atoms with Crippen molar-refractivity contribution in [1.82, 2.24) is 15.6 Å². The highest BCUT2D eigenvalue weighted by atomic mass is 32.2. The minimum atomic E-state index is -3.70. The second kappa shape index (κ2) is 8.93. The molecule has 4 N–H and O–H groups in total. The van der Waals surface area contributed by atoms with Gasteiger partial charge < -0.3 is 10.6 Å². The molecule has 2 aromatic rings. The molecule has 0 radical (unpaired) electrons. The fourth-order valence-corrected chi connectivity index (χ4v) is 3.51. The normalized spacial score (nSPS) is 12.2. The summed E-state index contributed by atoms with van der Waals surface area (Å²) in [5, 5.41) is 12.7. The average molecular weight is 382 g/mol. The van der Waals surface area contributed by atoms with E-state index in [-0.39, 0.29) is 4.90 Å². The minimum absolute atomic E-state index is 0.0947. The molecule has 1 aromatic heterocycles. The van der Waals surface area contributed by atoms with Crippen molar-refractivity contribution in [2.24, 2.45) is 10.1 Å². The molecule has 1 aromatic carbocycles. The van der Waals surface area contributed by atoms with Crippen molar-refractivity contribution in [1.29, 1.82) is 0 Å². The summed E-state index contributed by atoms with van der Waals surface area (Å²) in [6.07, 6.45) is 2.70. The Morgan fingerprint density at radius 1 is 1.36 bits per heavy atom. The van der Waals surface area contributed by atoms with E-state index in [1.807, 2.05) is 26.1 Å². The lowest BCUT2D eigenvalue weighted by molar-refractivity contribution is 0.597. The summed E-state index contributed by atoms with van der Waals surface area (Å²) in [6.45, 7) is 5.84. The third-order valence-electron chi connectivity index (χ3n) is 3.29. The van der Waals surface area contributed by atoms with Crippen molar-refractivity contribution in [3.63, 3.8) is 0 Å². The predicted octanol–water partition coefficient (Wildman–Crippen LogP) is 1.40. The molecule has 136 valence electrons. The number of guanidine groups is 1. The van der Waals surface area contributed by atoms with E-state index in [0.717, 1.165) is 30.1 Å². The maximum atomic E-state index is 11.4. The summed E-state index contributed by atoms with van der Waals surface area (Å²) in [5.74, 6) is 0.678. The van der Waals surface area contributed by atoms with Gasteiger partial charge in [0.15, 0.2) is 5.96 Å². The van der Waals surface area contributed by atoms with Crippen LogP contribution in [0.4, 0.5) is 0 Å². The molecular weight excluding hydrogens is 358 g/mol. The molecule has 0 saturated heterocycles. The van der Waals surface area contributed by atoms with Gasteiger partial charge in [0, 0.05) is 30.6 Å². The van der Waals surface area contributed by atoms with Crippen molar-refractivity contribution in [2.45, 2.75) is 31.7 Å². The number of nitrogens with one attached hydrogen (secondary N) is 2. The fourth-order valence-electron chi connectivity index (χ4n) is 2.14. The maximum absolute atomic E-state index is 11.4. The predicted molar refractivity (Wildman–Crippen MR) is 101 cm³/mol. The van der Waals surface area contributed by atoms with Crippen LogP contribution in [0.3, 0.4) is 0 Å². The third-order valence-corrected chi connectivity index (χ3v) is 5.17. The molecule has 0 aliphatic heterocycles. The van der Waals surface area contributed by atoms with E-state index in [4.69, 9.17) is 5.14 Å². The first-order valence-corrected chi connectivity index (χ1v) is 10.3. The summed E-state index contributed by atoms with van der Waals surface area (Å²) < 4.78 is 22.8. The van der Waals surface area contributed by atoms with Gasteiger partial charge in [-0.1, -0.05) is 12.1 Å². The van der Waals surface area contributed by atoms with Crippen LogP contribution in [0, 0.1) is 6.92 Å². The van der Waals surface area contributed by atoms with Gasteiger partial charge in [-0.05, 0) is 31.5 Å². The van der Waals surface area contributed by atoms with Gasteiger partial charge in [0.25, 0.3) is 0 Å². The zero-order chi connectivity index (χ0) is 18.3. The molecular formula is C16H23N5O2S2. The summed E-state index contributed by atoms with van der Waals surface area (Å²) in [7, 11) is -3.70. The standard InChI is InChI=1S/C16H23N5O2S2/c1-3-18-16(19-8-7-15-20-10-12(2)24-15)21-11-13-5-4-6-14(9-13)25(17,22)23/h4-6,9-10H,3,7-8,11H2,1-2H3,(H2,17,22,23)(H2,18,19,21). The van der Waals surface area contributed by atoms with Crippen molar-refractivity contribution in [3.8, 4) is 0 Å². The highest BCUT2D eigenvalue weighted by Crippen LogP contribution is 2.11. The zero-order valence-electron chi connectivity index (χ0n) is 14.3. The van der Waals surface area contributed by atoms with Crippen LogP contribution in [0.5, 0.6) is 0 Å². The monoisotopic (exact) mass is 381 g/mol. The van der Waals surface area contributed by atoms with Crippen LogP contribution in [0.15, 0.2) is 40.4 Å². The molecule has 0 amide bonds. The van der Waals surface area contributed by atoms with Gasteiger partial charge in [0.1, 0.15) is 0 Å². The van der Waals surface area contributed by atoms with Gasteiger partial charge in [0.05, 0.1) is 16.4 Å². The number of hydrogen-bond donors (Lipinski definition) is 3. The van der Waals surface area contributed by atoms with Crippen LogP contribution < -0.4 is 15.8 Å². The largest absolute Gasteiger partial charge is 0.357 e. The van der Waals surface area contributed by atoms with E-state index in [1.54, 1.807) is 23.5 Å². The number of benzene rings is 1. The Hall–Kier alpha value is -1.97. The Bertz CT molecular complexity index is 831. The quantitative estimate of drug-likeness (QED) is 0.496. The Labute approximate surface area is 152 Å². The van der Waals surface area contributed by atoms with Gasteiger partial charge in [-0.3, -0.25) is 0 Å². The number of nitrogens with two attached hydrogens (primary N) is 1. The number of thiazole rings is 1. The van der Waals surface area contributed by atoms with Crippen LogP contribution in [0.1, 0.15) is 22.4 Å².